The van der Waals surface area contributed by atoms with Crippen LogP contribution in [0.4, 0.5) is 0 Å². The minimum atomic E-state index is -3.09. The topological polar surface area (TPSA) is 86.6 Å². The summed E-state index contributed by atoms with van der Waals surface area (Å²) in [5, 5.41) is 21.1. The maximum atomic E-state index is 11.0. The zero-order chi connectivity index (χ0) is 10.1. The summed E-state index contributed by atoms with van der Waals surface area (Å²) in [5.74, 6) is -0.217. The average Bonchev–Trinajstić information content (AvgIpc) is 2.20. The lowest BCUT2D eigenvalue weighted by Gasteiger charge is -2.15. The summed E-state index contributed by atoms with van der Waals surface area (Å²) < 4.78 is 22.1. The summed E-state index contributed by atoms with van der Waals surface area (Å²) in [7, 11) is -3.09. The summed E-state index contributed by atoms with van der Waals surface area (Å²) in [5.41, 5.74) is 0. The Labute approximate surface area is 77.7 Å². The number of hydrogen-bond donors (Lipinski definition) is 3. The van der Waals surface area contributed by atoms with Crippen molar-refractivity contribution in [2.24, 2.45) is 0 Å². The van der Waals surface area contributed by atoms with Gasteiger partial charge in [-0.25, -0.2) is 8.42 Å². The zero-order valence-corrected chi connectivity index (χ0v) is 8.29. The van der Waals surface area contributed by atoms with Crippen LogP contribution in [0.3, 0.4) is 0 Å². The lowest BCUT2D eigenvalue weighted by Crippen LogP contribution is -2.42. The SMILES string of the molecule is CC(O)CNC1CS(=O)(=O)CC1O. The largest absolute Gasteiger partial charge is 0.392 e. The van der Waals surface area contributed by atoms with Crippen LogP contribution >= 0.6 is 0 Å². The number of hydrogen-bond acceptors (Lipinski definition) is 5. The molecule has 0 aromatic carbocycles. The molecule has 0 aromatic heterocycles. The third-order valence-corrected chi connectivity index (χ3v) is 3.71. The molecule has 1 fully saturated rings. The van der Waals surface area contributed by atoms with E-state index in [1.54, 1.807) is 6.92 Å². The fourth-order valence-electron chi connectivity index (χ4n) is 1.35. The molecule has 5 nitrogen and oxygen atoms in total. The molecular weight excluding hydrogens is 194 g/mol. The zero-order valence-electron chi connectivity index (χ0n) is 7.47. The first-order valence-corrected chi connectivity index (χ1v) is 6.03. The fourth-order valence-corrected chi connectivity index (χ4v) is 3.12. The van der Waals surface area contributed by atoms with Gasteiger partial charge in [-0.1, -0.05) is 0 Å². The molecule has 13 heavy (non-hydrogen) atoms. The molecule has 1 aliphatic heterocycles. The van der Waals surface area contributed by atoms with Gasteiger partial charge in [-0.3, -0.25) is 0 Å². The molecule has 3 atom stereocenters. The van der Waals surface area contributed by atoms with Crippen LogP contribution in [-0.2, 0) is 9.84 Å². The van der Waals surface area contributed by atoms with E-state index in [1.165, 1.54) is 0 Å². The Bertz CT molecular complexity index is 262. The summed E-state index contributed by atoms with van der Waals surface area (Å²) in [6, 6.07) is -0.431. The van der Waals surface area contributed by atoms with Crippen LogP contribution in [0, 0.1) is 0 Å². The maximum absolute atomic E-state index is 11.0. The molecular formula is C7H15NO4S. The normalized spacial score (nSPS) is 34.7. The maximum Gasteiger partial charge on any atom is 0.154 e. The minimum absolute atomic E-state index is 0.0408. The van der Waals surface area contributed by atoms with E-state index >= 15 is 0 Å². The van der Waals surface area contributed by atoms with Gasteiger partial charge in [0.1, 0.15) is 0 Å². The van der Waals surface area contributed by atoms with Crippen molar-refractivity contribution in [2.75, 3.05) is 18.1 Å². The molecule has 0 saturated carbocycles. The monoisotopic (exact) mass is 209 g/mol. The third kappa shape index (κ3) is 3.22. The van der Waals surface area contributed by atoms with E-state index in [4.69, 9.17) is 5.11 Å². The van der Waals surface area contributed by atoms with Gasteiger partial charge in [0.15, 0.2) is 9.84 Å². The predicted octanol–water partition coefficient (Wildman–Crippen LogP) is -1.89. The van der Waals surface area contributed by atoms with Crippen LogP contribution in [0.1, 0.15) is 6.92 Å². The van der Waals surface area contributed by atoms with Gasteiger partial charge in [0.2, 0.25) is 0 Å². The van der Waals surface area contributed by atoms with Crippen molar-refractivity contribution in [3.63, 3.8) is 0 Å². The van der Waals surface area contributed by atoms with E-state index in [2.05, 4.69) is 5.32 Å². The Kier molecular flexibility index (Phi) is 3.28. The lowest BCUT2D eigenvalue weighted by atomic mass is 10.2. The molecule has 6 heteroatoms. The molecule has 1 rings (SSSR count). The molecule has 0 bridgehead atoms. The molecule has 1 aliphatic rings. The molecule has 0 radical (unpaired) electrons. The molecule has 1 saturated heterocycles. The standard InChI is InChI=1S/C7H15NO4S/c1-5(9)2-8-6-3-13(11,12)4-7(6)10/h5-10H,2-4H2,1H3. The molecule has 0 amide bonds. The van der Waals surface area contributed by atoms with Crippen molar-refractivity contribution in [1.82, 2.24) is 5.32 Å². The van der Waals surface area contributed by atoms with E-state index in [1.807, 2.05) is 0 Å². The third-order valence-electron chi connectivity index (χ3n) is 2.00. The number of nitrogens with one attached hydrogen (secondary N) is 1. The highest BCUT2D eigenvalue weighted by atomic mass is 32.2. The van der Waals surface area contributed by atoms with Crippen LogP contribution in [0.15, 0.2) is 0 Å². The Hall–Kier alpha value is -0.170. The lowest BCUT2D eigenvalue weighted by molar-refractivity contribution is 0.143. The number of aliphatic hydroxyl groups is 2. The van der Waals surface area contributed by atoms with Crippen molar-refractivity contribution in [3.05, 3.63) is 0 Å². The summed E-state index contributed by atoms with van der Waals surface area (Å²) in [6.07, 6.45) is -1.38. The van der Waals surface area contributed by atoms with Gasteiger partial charge in [-0.2, -0.15) is 0 Å². The first-order valence-electron chi connectivity index (χ1n) is 4.20. The van der Waals surface area contributed by atoms with E-state index in [-0.39, 0.29) is 11.5 Å². The Morgan fingerprint density at radius 3 is 2.54 bits per heavy atom. The van der Waals surface area contributed by atoms with E-state index in [0.29, 0.717) is 6.54 Å². The van der Waals surface area contributed by atoms with E-state index < -0.39 is 28.1 Å². The van der Waals surface area contributed by atoms with Crippen molar-refractivity contribution >= 4 is 9.84 Å². The van der Waals surface area contributed by atoms with Gasteiger partial charge in [0.05, 0.1) is 23.7 Å². The van der Waals surface area contributed by atoms with Crippen molar-refractivity contribution < 1.29 is 18.6 Å². The molecule has 3 unspecified atom stereocenters. The van der Waals surface area contributed by atoms with Crippen LogP contribution in [0.25, 0.3) is 0 Å². The van der Waals surface area contributed by atoms with E-state index in [0.717, 1.165) is 0 Å². The summed E-state index contributed by atoms with van der Waals surface area (Å²) >= 11 is 0. The van der Waals surface area contributed by atoms with Gasteiger partial charge >= 0.3 is 0 Å². The molecule has 3 N–H and O–H groups in total. The smallest absolute Gasteiger partial charge is 0.154 e. The van der Waals surface area contributed by atoms with Gasteiger partial charge in [0, 0.05) is 12.6 Å². The minimum Gasteiger partial charge on any atom is -0.392 e. The second-order valence-corrected chi connectivity index (χ2v) is 5.66. The van der Waals surface area contributed by atoms with Crippen LogP contribution in [0.5, 0.6) is 0 Å². The Morgan fingerprint density at radius 1 is 1.54 bits per heavy atom. The van der Waals surface area contributed by atoms with E-state index in [9.17, 15) is 13.5 Å². The fraction of sp³-hybridized carbons (Fsp3) is 1.00. The highest BCUT2D eigenvalue weighted by Crippen LogP contribution is 2.12. The van der Waals surface area contributed by atoms with Gasteiger partial charge < -0.3 is 15.5 Å². The molecule has 1 heterocycles. The van der Waals surface area contributed by atoms with Gasteiger partial charge in [-0.05, 0) is 6.92 Å². The molecule has 0 spiro atoms. The second-order valence-electron chi connectivity index (χ2n) is 3.51. The summed E-state index contributed by atoms with van der Waals surface area (Å²) in [4.78, 5) is 0. The molecule has 0 aromatic rings. The summed E-state index contributed by atoms with van der Waals surface area (Å²) in [6.45, 7) is 1.90. The Morgan fingerprint density at radius 2 is 2.15 bits per heavy atom. The van der Waals surface area contributed by atoms with Crippen LogP contribution < -0.4 is 5.32 Å². The number of sulfone groups is 1. The number of rotatable bonds is 3. The highest BCUT2D eigenvalue weighted by Gasteiger charge is 2.35. The predicted molar refractivity (Wildman–Crippen MR) is 48.1 cm³/mol. The van der Waals surface area contributed by atoms with Gasteiger partial charge in [0.25, 0.3) is 0 Å². The van der Waals surface area contributed by atoms with Crippen LogP contribution in [0.2, 0.25) is 0 Å². The first kappa shape index (κ1) is 10.9. The van der Waals surface area contributed by atoms with Gasteiger partial charge in [-0.15, -0.1) is 0 Å². The Balaban J connectivity index is 2.44. The second kappa shape index (κ2) is 3.91. The highest BCUT2D eigenvalue weighted by molar-refractivity contribution is 7.91. The van der Waals surface area contributed by atoms with Crippen molar-refractivity contribution in [3.8, 4) is 0 Å². The average molecular weight is 209 g/mol. The first-order chi connectivity index (χ1) is 5.91. The molecule has 78 valence electrons. The molecule has 0 aliphatic carbocycles. The van der Waals surface area contributed by atoms with Crippen molar-refractivity contribution in [2.45, 2.75) is 25.2 Å². The number of aliphatic hydroxyl groups excluding tert-OH is 2. The quantitative estimate of drug-likeness (QED) is 0.506. The van der Waals surface area contributed by atoms with Crippen molar-refractivity contribution in [1.29, 1.82) is 0 Å². The van der Waals surface area contributed by atoms with Crippen LogP contribution in [-0.4, -0.2) is 54.9 Å².